The molecule has 0 aromatic heterocycles. The van der Waals surface area contributed by atoms with Crippen LogP contribution in [0.2, 0.25) is 0 Å². The minimum atomic E-state index is -0.651. The summed E-state index contributed by atoms with van der Waals surface area (Å²) in [7, 11) is 0. The fraction of sp³-hybridized carbons (Fsp3) is 0.538. The van der Waals surface area contributed by atoms with Crippen molar-refractivity contribution in [3.05, 3.63) is 29.6 Å². The molecule has 2 unspecified atom stereocenters. The van der Waals surface area contributed by atoms with Gasteiger partial charge in [-0.15, -0.1) is 0 Å². The Hall–Kier alpha value is -1.13. The summed E-state index contributed by atoms with van der Waals surface area (Å²) in [5.74, 6) is -0.0622. The molecule has 1 heterocycles. The number of benzene rings is 1. The predicted molar refractivity (Wildman–Crippen MR) is 64.4 cm³/mol. The van der Waals surface area contributed by atoms with Gasteiger partial charge in [-0.2, -0.15) is 0 Å². The van der Waals surface area contributed by atoms with Crippen molar-refractivity contribution >= 4 is 5.69 Å². The molecule has 0 radical (unpaired) electrons. The van der Waals surface area contributed by atoms with E-state index in [4.69, 9.17) is 5.11 Å². The third kappa shape index (κ3) is 2.58. The molecule has 2 N–H and O–H groups in total. The molecule has 1 aliphatic heterocycles. The maximum Gasteiger partial charge on any atom is 0.146 e. The summed E-state index contributed by atoms with van der Waals surface area (Å²) in [4.78, 5) is 1.95. The van der Waals surface area contributed by atoms with Crippen LogP contribution in [0.5, 0.6) is 0 Å². The molecule has 4 heteroatoms. The zero-order valence-corrected chi connectivity index (χ0v) is 9.93. The Morgan fingerprint density at radius 1 is 1.53 bits per heavy atom. The summed E-state index contributed by atoms with van der Waals surface area (Å²) in [6.45, 7) is 3.24. The number of hydrogen-bond acceptors (Lipinski definition) is 3. The van der Waals surface area contributed by atoms with E-state index in [-0.39, 0.29) is 18.3 Å². The van der Waals surface area contributed by atoms with E-state index in [0.29, 0.717) is 17.8 Å². The quantitative estimate of drug-likeness (QED) is 0.843. The van der Waals surface area contributed by atoms with E-state index in [1.54, 1.807) is 19.1 Å². The van der Waals surface area contributed by atoms with Gasteiger partial charge >= 0.3 is 0 Å². The summed E-state index contributed by atoms with van der Waals surface area (Å²) in [5.41, 5.74) is 1.15. The van der Waals surface area contributed by atoms with Crippen LogP contribution in [0.4, 0.5) is 10.1 Å². The van der Waals surface area contributed by atoms with Gasteiger partial charge in [-0.3, -0.25) is 0 Å². The lowest BCUT2D eigenvalue weighted by Crippen LogP contribution is -2.21. The van der Waals surface area contributed by atoms with Gasteiger partial charge in [-0.25, -0.2) is 4.39 Å². The molecule has 2 atom stereocenters. The van der Waals surface area contributed by atoms with E-state index < -0.39 is 6.10 Å². The summed E-state index contributed by atoms with van der Waals surface area (Å²) in [6, 6.07) is 4.83. The van der Waals surface area contributed by atoms with Crippen molar-refractivity contribution < 1.29 is 14.6 Å². The van der Waals surface area contributed by atoms with Crippen LogP contribution in [0, 0.1) is 11.7 Å². The average Bonchev–Trinajstić information content (AvgIpc) is 2.77. The van der Waals surface area contributed by atoms with Crippen molar-refractivity contribution in [2.75, 3.05) is 24.6 Å². The number of nitrogens with zero attached hydrogens (tertiary/aromatic N) is 1. The van der Waals surface area contributed by atoms with Crippen LogP contribution in [0.25, 0.3) is 0 Å². The topological polar surface area (TPSA) is 43.7 Å². The second kappa shape index (κ2) is 5.02. The minimum absolute atomic E-state index is 0.157. The molecule has 1 aliphatic rings. The molecule has 1 aromatic carbocycles. The van der Waals surface area contributed by atoms with Crippen LogP contribution in [0.1, 0.15) is 25.0 Å². The van der Waals surface area contributed by atoms with Crippen molar-refractivity contribution in [2.24, 2.45) is 5.92 Å². The highest BCUT2D eigenvalue weighted by Gasteiger charge is 2.24. The van der Waals surface area contributed by atoms with E-state index in [1.807, 2.05) is 4.90 Å². The second-order valence-corrected chi connectivity index (χ2v) is 4.67. The summed E-state index contributed by atoms with van der Waals surface area (Å²) in [5, 5.41) is 18.4. The molecular weight excluding hydrogens is 221 g/mol. The van der Waals surface area contributed by atoms with Crippen LogP contribution in [-0.4, -0.2) is 29.9 Å². The maximum absolute atomic E-state index is 13.9. The fourth-order valence-corrected chi connectivity index (χ4v) is 2.24. The smallest absolute Gasteiger partial charge is 0.146 e. The highest BCUT2D eigenvalue weighted by atomic mass is 19.1. The average molecular weight is 239 g/mol. The Balaban J connectivity index is 2.17. The van der Waals surface area contributed by atoms with Gasteiger partial charge in [0.1, 0.15) is 5.82 Å². The third-order valence-corrected chi connectivity index (χ3v) is 3.34. The SMILES string of the molecule is CC(O)c1ccc(N2CCC(CO)C2)c(F)c1. The Kier molecular flexibility index (Phi) is 3.64. The molecule has 0 bridgehead atoms. The Morgan fingerprint density at radius 3 is 2.82 bits per heavy atom. The van der Waals surface area contributed by atoms with Crippen LogP contribution in [-0.2, 0) is 0 Å². The van der Waals surface area contributed by atoms with Crippen molar-refractivity contribution in [2.45, 2.75) is 19.4 Å². The second-order valence-electron chi connectivity index (χ2n) is 4.67. The van der Waals surface area contributed by atoms with Gasteiger partial charge in [-0.05, 0) is 31.0 Å². The number of aliphatic hydroxyl groups is 2. The first-order valence-corrected chi connectivity index (χ1v) is 5.95. The van der Waals surface area contributed by atoms with Gasteiger partial charge in [0.25, 0.3) is 0 Å². The number of anilines is 1. The van der Waals surface area contributed by atoms with E-state index in [1.165, 1.54) is 6.07 Å². The Morgan fingerprint density at radius 2 is 2.29 bits per heavy atom. The summed E-state index contributed by atoms with van der Waals surface area (Å²) in [6.07, 6.45) is 0.246. The number of halogens is 1. The lowest BCUT2D eigenvalue weighted by molar-refractivity contribution is 0.199. The van der Waals surface area contributed by atoms with E-state index in [9.17, 15) is 9.50 Å². The van der Waals surface area contributed by atoms with Crippen LogP contribution in [0.15, 0.2) is 18.2 Å². The predicted octanol–water partition coefficient (Wildman–Crippen LogP) is 1.70. The number of rotatable bonds is 3. The van der Waals surface area contributed by atoms with Crippen molar-refractivity contribution in [3.63, 3.8) is 0 Å². The monoisotopic (exact) mass is 239 g/mol. The van der Waals surface area contributed by atoms with E-state index in [0.717, 1.165) is 13.0 Å². The van der Waals surface area contributed by atoms with Crippen LogP contribution in [0.3, 0.4) is 0 Å². The van der Waals surface area contributed by atoms with Crippen molar-refractivity contribution in [1.82, 2.24) is 0 Å². The minimum Gasteiger partial charge on any atom is -0.396 e. The fourth-order valence-electron chi connectivity index (χ4n) is 2.24. The van der Waals surface area contributed by atoms with Crippen molar-refractivity contribution in [1.29, 1.82) is 0 Å². The van der Waals surface area contributed by atoms with Gasteiger partial charge in [0.05, 0.1) is 11.8 Å². The molecule has 0 amide bonds. The molecule has 3 nitrogen and oxygen atoms in total. The van der Waals surface area contributed by atoms with Gasteiger partial charge < -0.3 is 15.1 Å². The molecule has 1 aromatic rings. The molecule has 17 heavy (non-hydrogen) atoms. The molecular formula is C13H18FNO2. The van der Waals surface area contributed by atoms with Crippen LogP contribution >= 0.6 is 0 Å². The summed E-state index contributed by atoms with van der Waals surface area (Å²) >= 11 is 0. The van der Waals surface area contributed by atoms with Gasteiger partial charge in [0.15, 0.2) is 0 Å². The summed E-state index contributed by atoms with van der Waals surface area (Å²) < 4.78 is 13.9. The lowest BCUT2D eigenvalue weighted by atomic mass is 10.1. The van der Waals surface area contributed by atoms with Gasteiger partial charge in [-0.1, -0.05) is 6.07 Å². The van der Waals surface area contributed by atoms with Gasteiger partial charge in [0, 0.05) is 25.6 Å². The normalized spacial score (nSPS) is 21.9. The first-order chi connectivity index (χ1) is 8.11. The molecule has 94 valence electrons. The van der Waals surface area contributed by atoms with Gasteiger partial charge in [0.2, 0.25) is 0 Å². The zero-order valence-electron chi connectivity index (χ0n) is 9.93. The standard InChI is InChI=1S/C13H18FNO2/c1-9(17)11-2-3-13(12(14)6-11)15-5-4-10(7-15)8-16/h2-3,6,9-10,16-17H,4-5,7-8H2,1H3. The van der Waals surface area contributed by atoms with E-state index in [2.05, 4.69) is 0 Å². The maximum atomic E-state index is 13.9. The molecule has 0 saturated carbocycles. The molecule has 1 saturated heterocycles. The Labute approximate surface area is 100 Å². The molecule has 2 rings (SSSR count). The Bertz CT molecular complexity index is 395. The lowest BCUT2D eigenvalue weighted by Gasteiger charge is -2.20. The number of aliphatic hydroxyl groups excluding tert-OH is 2. The zero-order chi connectivity index (χ0) is 12.4. The molecule has 1 fully saturated rings. The highest BCUT2D eigenvalue weighted by molar-refractivity contribution is 5.50. The van der Waals surface area contributed by atoms with E-state index >= 15 is 0 Å². The first-order valence-electron chi connectivity index (χ1n) is 5.95. The van der Waals surface area contributed by atoms with Crippen molar-refractivity contribution in [3.8, 4) is 0 Å². The van der Waals surface area contributed by atoms with Crippen LogP contribution < -0.4 is 4.90 Å². The first kappa shape index (κ1) is 12.3. The largest absolute Gasteiger partial charge is 0.396 e. The molecule has 0 aliphatic carbocycles. The highest BCUT2D eigenvalue weighted by Crippen LogP contribution is 2.28. The number of hydrogen-bond donors (Lipinski definition) is 2. The third-order valence-electron chi connectivity index (χ3n) is 3.34. The molecule has 0 spiro atoms.